The second kappa shape index (κ2) is 7.71. The van der Waals surface area contributed by atoms with E-state index in [1.807, 2.05) is 12.4 Å². The van der Waals surface area contributed by atoms with Crippen molar-refractivity contribution in [3.63, 3.8) is 0 Å². The van der Waals surface area contributed by atoms with Crippen LogP contribution in [0, 0.1) is 13.8 Å². The Morgan fingerprint density at radius 1 is 1.10 bits per heavy atom. The van der Waals surface area contributed by atoms with Crippen molar-refractivity contribution in [3.05, 3.63) is 63.4 Å². The molecule has 0 saturated carbocycles. The molecular formula is C18H23BrN2. The molecule has 1 atom stereocenters. The lowest BCUT2D eigenvalue weighted by molar-refractivity contribution is 0.527. The van der Waals surface area contributed by atoms with Crippen molar-refractivity contribution in [1.29, 1.82) is 0 Å². The number of hydrogen-bond acceptors (Lipinski definition) is 2. The van der Waals surface area contributed by atoms with Gasteiger partial charge in [-0.3, -0.25) is 4.98 Å². The number of nitrogens with zero attached hydrogens (tertiary/aromatic N) is 1. The number of halogens is 1. The van der Waals surface area contributed by atoms with Crippen LogP contribution in [0.4, 0.5) is 0 Å². The predicted octanol–water partition coefficient (Wildman–Crippen LogP) is 4.74. The third-order valence-corrected chi connectivity index (χ3v) is 3.92. The van der Waals surface area contributed by atoms with E-state index in [2.05, 4.69) is 71.3 Å². The van der Waals surface area contributed by atoms with E-state index in [4.69, 9.17) is 0 Å². The summed E-state index contributed by atoms with van der Waals surface area (Å²) in [6.45, 7) is 7.53. The summed E-state index contributed by atoms with van der Waals surface area (Å²) in [7, 11) is 0. The van der Waals surface area contributed by atoms with Gasteiger partial charge < -0.3 is 5.32 Å². The van der Waals surface area contributed by atoms with Gasteiger partial charge in [0.05, 0.1) is 0 Å². The van der Waals surface area contributed by atoms with Crippen molar-refractivity contribution in [2.24, 2.45) is 0 Å². The Kier molecular flexibility index (Phi) is 5.95. The molecule has 0 aliphatic rings. The lowest BCUT2D eigenvalue weighted by Crippen LogP contribution is -2.24. The molecule has 21 heavy (non-hydrogen) atoms. The number of rotatable bonds is 6. The van der Waals surface area contributed by atoms with Gasteiger partial charge in [-0.25, -0.2) is 0 Å². The van der Waals surface area contributed by atoms with Gasteiger partial charge >= 0.3 is 0 Å². The third-order valence-electron chi connectivity index (χ3n) is 3.49. The molecule has 0 spiro atoms. The lowest BCUT2D eigenvalue weighted by Gasteiger charge is -2.19. The van der Waals surface area contributed by atoms with Crippen molar-refractivity contribution in [2.75, 3.05) is 6.54 Å². The van der Waals surface area contributed by atoms with E-state index in [9.17, 15) is 0 Å². The summed E-state index contributed by atoms with van der Waals surface area (Å²) in [6, 6.07) is 9.23. The van der Waals surface area contributed by atoms with Crippen LogP contribution in [0.2, 0.25) is 0 Å². The monoisotopic (exact) mass is 346 g/mol. The zero-order valence-electron chi connectivity index (χ0n) is 13.0. The highest BCUT2D eigenvalue weighted by Gasteiger charge is 2.13. The van der Waals surface area contributed by atoms with Gasteiger partial charge in [-0.2, -0.15) is 0 Å². The molecule has 2 rings (SSSR count). The van der Waals surface area contributed by atoms with Gasteiger partial charge in [0.2, 0.25) is 0 Å². The molecule has 0 radical (unpaired) electrons. The molecule has 1 aromatic heterocycles. The van der Waals surface area contributed by atoms with E-state index in [1.54, 1.807) is 0 Å². The average Bonchev–Trinajstić information content (AvgIpc) is 2.42. The first kappa shape index (κ1) is 16.2. The van der Waals surface area contributed by atoms with Crippen molar-refractivity contribution in [2.45, 2.75) is 39.7 Å². The molecule has 0 amide bonds. The maximum atomic E-state index is 4.30. The zero-order valence-corrected chi connectivity index (χ0v) is 14.6. The van der Waals surface area contributed by atoms with Crippen LogP contribution in [0.3, 0.4) is 0 Å². The van der Waals surface area contributed by atoms with Crippen LogP contribution < -0.4 is 5.32 Å². The fourth-order valence-electron chi connectivity index (χ4n) is 2.67. The standard InChI is InChI=1S/C18H23BrN2/c1-4-5-21-18(16-10-17(19)12-20-11-16)9-15-7-13(2)6-14(3)8-15/h6-8,10-12,18,21H,4-5,9H2,1-3H3. The lowest BCUT2D eigenvalue weighted by atomic mass is 9.97. The summed E-state index contributed by atoms with van der Waals surface area (Å²) in [4.78, 5) is 4.30. The molecule has 112 valence electrons. The Morgan fingerprint density at radius 3 is 2.43 bits per heavy atom. The Bertz CT molecular complexity index is 575. The highest BCUT2D eigenvalue weighted by molar-refractivity contribution is 9.10. The van der Waals surface area contributed by atoms with E-state index in [0.717, 1.165) is 23.9 Å². The first-order valence-corrected chi connectivity index (χ1v) is 8.28. The third kappa shape index (κ3) is 4.94. The molecule has 0 aliphatic heterocycles. The van der Waals surface area contributed by atoms with Gasteiger partial charge in [-0.1, -0.05) is 36.2 Å². The van der Waals surface area contributed by atoms with Crippen molar-refractivity contribution >= 4 is 15.9 Å². The fraction of sp³-hybridized carbons (Fsp3) is 0.389. The number of aryl methyl sites for hydroxylation is 2. The van der Waals surface area contributed by atoms with Gasteiger partial charge in [0, 0.05) is 22.9 Å². The Morgan fingerprint density at radius 2 is 1.81 bits per heavy atom. The SMILES string of the molecule is CCCNC(Cc1cc(C)cc(C)c1)c1cncc(Br)c1. The van der Waals surface area contributed by atoms with Crippen molar-refractivity contribution < 1.29 is 0 Å². The minimum atomic E-state index is 0.302. The van der Waals surface area contributed by atoms with Gasteiger partial charge in [0.15, 0.2) is 0 Å². The molecular weight excluding hydrogens is 324 g/mol. The van der Waals surface area contributed by atoms with Crippen LogP contribution in [-0.2, 0) is 6.42 Å². The quantitative estimate of drug-likeness (QED) is 0.816. The number of benzene rings is 1. The van der Waals surface area contributed by atoms with E-state index in [0.29, 0.717) is 6.04 Å². The average molecular weight is 347 g/mol. The molecule has 1 heterocycles. The first-order valence-electron chi connectivity index (χ1n) is 7.49. The van der Waals surface area contributed by atoms with Gasteiger partial charge in [0.1, 0.15) is 0 Å². The predicted molar refractivity (Wildman–Crippen MR) is 92.6 cm³/mol. The number of aromatic nitrogens is 1. The molecule has 2 nitrogen and oxygen atoms in total. The maximum absolute atomic E-state index is 4.30. The Labute approximate surface area is 136 Å². The Hall–Kier alpha value is -1.19. The molecule has 3 heteroatoms. The molecule has 0 fully saturated rings. The van der Waals surface area contributed by atoms with Gasteiger partial charge in [0.25, 0.3) is 0 Å². The molecule has 0 aliphatic carbocycles. The highest BCUT2D eigenvalue weighted by Crippen LogP contribution is 2.22. The van der Waals surface area contributed by atoms with Gasteiger partial charge in [-0.15, -0.1) is 0 Å². The molecule has 0 saturated heterocycles. The van der Waals surface area contributed by atoms with Crippen LogP contribution in [-0.4, -0.2) is 11.5 Å². The topological polar surface area (TPSA) is 24.9 Å². The highest BCUT2D eigenvalue weighted by atomic mass is 79.9. The van der Waals surface area contributed by atoms with E-state index in [-0.39, 0.29) is 0 Å². The van der Waals surface area contributed by atoms with E-state index in [1.165, 1.54) is 22.3 Å². The largest absolute Gasteiger partial charge is 0.310 e. The van der Waals surface area contributed by atoms with Crippen LogP contribution in [0.25, 0.3) is 0 Å². The van der Waals surface area contributed by atoms with E-state index < -0.39 is 0 Å². The molecule has 0 bridgehead atoms. The van der Waals surface area contributed by atoms with Crippen molar-refractivity contribution in [3.8, 4) is 0 Å². The smallest absolute Gasteiger partial charge is 0.0410 e. The summed E-state index contributed by atoms with van der Waals surface area (Å²) in [5.41, 5.74) is 5.26. The van der Waals surface area contributed by atoms with Crippen LogP contribution >= 0.6 is 15.9 Å². The summed E-state index contributed by atoms with van der Waals surface area (Å²) in [5, 5.41) is 3.64. The van der Waals surface area contributed by atoms with Crippen LogP contribution in [0.15, 0.2) is 41.1 Å². The number of pyridine rings is 1. The first-order chi connectivity index (χ1) is 10.1. The van der Waals surface area contributed by atoms with Crippen LogP contribution in [0.5, 0.6) is 0 Å². The molecule has 2 aromatic rings. The fourth-order valence-corrected chi connectivity index (χ4v) is 3.05. The van der Waals surface area contributed by atoms with Crippen LogP contribution in [0.1, 0.15) is 41.6 Å². The minimum Gasteiger partial charge on any atom is -0.310 e. The minimum absolute atomic E-state index is 0.302. The summed E-state index contributed by atoms with van der Waals surface area (Å²) in [6.07, 6.45) is 5.91. The summed E-state index contributed by atoms with van der Waals surface area (Å²) >= 11 is 3.52. The molecule has 1 aromatic carbocycles. The second-order valence-corrected chi connectivity index (χ2v) is 6.56. The normalized spacial score (nSPS) is 12.4. The maximum Gasteiger partial charge on any atom is 0.0410 e. The zero-order chi connectivity index (χ0) is 15.2. The number of hydrogen-bond donors (Lipinski definition) is 1. The van der Waals surface area contributed by atoms with Gasteiger partial charge in [-0.05, 0) is 66.4 Å². The van der Waals surface area contributed by atoms with Crippen molar-refractivity contribution in [1.82, 2.24) is 10.3 Å². The molecule has 1 unspecified atom stereocenters. The summed E-state index contributed by atoms with van der Waals surface area (Å²) in [5.74, 6) is 0. The Balaban J connectivity index is 2.23. The second-order valence-electron chi connectivity index (χ2n) is 5.64. The summed E-state index contributed by atoms with van der Waals surface area (Å²) < 4.78 is 1.03. The van der Waals surface area contributed by atoms with E-state index >= 15 is 0 Å². The number of nitrogens with one attached hydrogen (secondary N) is 1. The molecule has 1 N–H and O–H groups in total.